The summed E-state index contributed by atoms with van der Waals surface area (Å²) in [5.74, 6) is 1.95. The minimum Gasteiger partial charge on any atom is -0.309 e. The highest BCUT2D eigenvalue weighted by Gasteiger charge is 2.17. The van der Waals surface area contributed by atoms with E-state index in [0.717, 1.165) is 44.3 Å². The molecule has 0 radical (unpaired) electrons. The Morgan fingerprint density at radius 2 is 0.824 bits per heavy atom. The first-order valence-electron chi connectivity index (χ1n) is 17.2. The van der Waals surface area contributed by atoms with Gasteiger partial charge in [0.15, 0.2) is 17.5 Å². The lowest BCUT2D eigenvalue weighted by atomic mass is 9.97. The van der Waals surface area contributed by atoms with Gasteiger partial charge in [-0.05, 0) is 63.0 Å². The molecule has 4 heteroatoms. The Bertz CT molecular complexity index is 2850. The summed E-state index contributed by atoms with van der Waals surface area (Å²) in [5.41, 5.74) is 8.67. The van der Waals surface area contributed by atoms with Crippen molar-refractivity contribution >= 4 is 43.4 Å². The predicted octanol–water partition coefficient (Wildman–Crippen LogP) is 11.9. The lowest BCUT2D eigenvalue weighted by molar-refractivity contribution is 1.08. The molecule has 2 aromatic heterocycles. The molecule has 0 amide bonds. The van der Waals surface area contributed by atoms with Crippen molar-refractivity contribution in [1.29, 1.82) is 0 Å². The summed E-state index contributed by atoms with van der Waals surface area (Å²) >= 11 is 0. The zero-order valence-corrected chi connectivity index (χ0v) is 27.6. The lowest BCUT2D eigenvalue weighted by Gasteiger charge is -2.13. The van der Waals surface area contributed by atoms with Gasteiger partial charge in [0, 0.05) is 33.2 Å². The molecule has 0 atom stereocenters. The van der Waals surface area contributed by atoms with Crippen LogP contribution in [0.1, 0.15) is 0 Å². The number of nitrogens with zero attached hydrogens (tertiary/aromatic N) is 4. The molecule has 0 spiro atoms. The van der Waals surface area contributed by atoms with E-state index in [-0.39, 0.29) is 0 Å². The zero-order valence-electron chi connectivity index (χ0n) is 27.6. The Morgan fingerprint density at radius 3 is 1.53 bits per heavy atom. The average Bonchev–Trinajstić information content (AvgIpc) is 3.55. The third kappa shape index (κ3) is 4.96. The summed E-state index contributed by atoms with van der Waals surface area (Å²) in [7, 11) is 0. The summed E-state index contributed by atoms with van der Waals surface area (Å²) in [4.78, 5) is 15.2. The fourth-order valence-corrected chi connectivity index (χ4v) is 7.42. The Morgan fingerprint density at radius 1 is 0.314 bits per heavy atom. The van der Waals surface area contributed by atoms with Gasteiger partial charge in [0.1, 0.15) is 0 Å². The second kappa shape index (κ2) is 11.9. The minimum atomic E-state index is 0.640. The first-order chi connectivity index (χ1) is 25.3. The van der Waals surface area contributed by atoms with Crippen LogP contribution in [0.25, 0.3) is 94.3 Å². The molecule has 51 heavy (non-hydrogen) atoms. The molecule has 4 nitrogen and oxygen atoms in total. The van der Waals surface area contributed by atoms with Gasteiger partial charge in [-0.3, -0.25) is 0 Å². The summed E-state index contributed by atoms with van der Waals surface area (Å²) in [6.45, 7) is 0. The maximum absolute atomic E-state index is 5.14. The van der Waals surface area contributed by atoms with Gasteiger partial charge in [0.25, 0.3) is 0 Å². The van der Waals surface area contributed by atoms with Crippen molar-refractivity contribution in [3.8, 4) is 51.0 Å². The summed E-state index contributed by atoms with van der Waals surface area (Å²) in [5, 5.41) is 7.18. The molecule has 0 fully saturated rings. The van der Waals surface area contributed by atoms with Crippen LogP contribution in [0, 0.1) is 0 Å². The largest absolute Gasteiger partial charge is 0.309 e. The van der Waals surface area contributed by atoms with Gasteiger partial charge in [-0.15, -0.1) is 0 Å². The van der Waals surface area contributed by atoms with Gasteiger partial charge in [0.05, 0.1) is 11.0 Å². The maximum Gasteiger partial charge on any atom is 0.164 e. The molecule has 0 saturated carbocycles. The molecule has 2 heterocycles. The van der Waals surface area contributed by atoms with Crippen LogP contribution in [0.3, 0.4) is 0 Å². The van der Waals surface area contributed by atoms with Gasteiger partial charge in [-0.1, -0.05) is 152 Å². The third-order valence-electron chi connectivity index (χ3n) is 9.84. The van der Waals surface area contributed by atoms with Crippen molar-refractivity contribution in [2.24, 2.45) is 0 Å². The molecule has 0 unspecified atom stereocenters. The topological polar surface area (TPSA) is 43.6 Å². The van der Waals surface area contributed by atoms with Crippen LogP contribution in [0.4, 0.5) is 0 Å². The van der Waals surface area contributed by atoms with Crippen LogP contribution in [-0.4, -0.2) is 19.5 Å². The Kier molecular flexibility index (Phi) is 6.78. The van der Waals surface area contributed by atoms with Crippen molar-refractivity contribution in [2.45, 2.75) is 0 Å². The average molecular weight is 651 g/mol. The number of hydrogen-bond donors (Lipinski definition) is 0. The van der Waals surface area contributed by atoms with E-state index in [1.807, 2.05) is 18.2 Å². The molecule has 0 aliphatic carbocycles. The van der Waals surface area contributed by atoms with Crippen molar-refractivity contribution < 1.29 is 0 Å². The van der Waals surface area contributed by atoms with E-state index in [9.17, 15) is 0 Å². The lowest BCUT2D eigenvalue weighted by Crippen LogP contribution is -2.00. The van der Waals surface area contributed by atoms with Crippen LogP contribution < -0.4 is 0 Å². The zero-order chi connectivity index (χ0) is 33.7. The van der Waals surface area contributed by atoms with E-state index in [1.165, 1.54) is 32.6 Å². The Balaban J connectivity index is 1.09. The van der Waals surface area contributed by atoms with E-state index < -0.39 is 0 Å². The fraction of sp³-hybridized carbons (Fsp3) is 0. The first-order valence-corrected chi connectivity index (χ1v) is 17.2. The van der Waals surface area contributed by atoms with E-state index in [0.29, 0.717) is 17.5 Å². The van der Waals surface area contributed by atoms with Crippen molar-refractivity contribution in [3.05, 3.63) is 182 Å². The smallest absolute Gasteiger partial charge is 0.164 e. The highest BCUT2D eigenvalue weighted by atomic mass is 15.0. The summed E-state index contributed by atoms with van der Waals surface area (Å²) in [6.07, 6.45) is 0. The second-order valence-electron chi connectivity index (χ2n) is 12.9. The normalized spacial score (nSPS) is 11.5. The number of para-hydroxylation sites is 2. The van der Waals surface area contributed by atoms with Crippen molar-refractivity contribution in [3.63, 3.8) is 0 Å². The summed E-state index contributed by atoms with van der Waals surface area (Å²) < 4.78 is 2.36. The monoisotopic (exact) mass is 650 g/mol. The van der Waals surface area contributed by atoms with E-state index >= 15 is 0 Å². The van der Waals surface area contributed by atoms with Crippen LogP contribution in [0.5, 0.6) is 0 Å². The molecule has 8 aromatic carbocycles. The maximum atomic E-state index is 5.14. The third-order valence-corrected chi connectivity index (χ3v) is 9.84. The fourth-order valence-electron chi connectivity index (χ4n) is 7.42. The second-order valence-corrected chi connectivity index (χ2v) is 12.9. The molecule has 0 aliphatic rings. The molecule has 0 N–H and O–H groups in total. The van der Waals surface area contributed by atoms with Crippen LogP contribution in [0.15, 0.2) is 182 Å². The highest BCUT2D eigenvalue weighted by Crippen LogP contribution is 2.36. The predicted molar refractivity (Wildman–Crippen MR) is 211 cm³/mol. The molecule has 0 saturated heterocycles. The van der Waals surface area contributed by atoms with Crippen LogP contribution in [-0.2, 0) is 0 Å². The van der Waals surface area contributed by atoms with Crippen LogP contribution >= 0.6 is 0 Å². The summed E-state index contributed by atoms with van der Waals surface area (Å²) in [6, 6.07) is 63.9. The molecule has 0 bridgehead atoms. The molecule has 10 aromatic rings. The highest BCUT2D eigenvalue weighted by molar-refractivity contribution is 6.13. The molecule has 238 valence electrons. The Hall–Kier alpha value is -6.91. The molecule has 0 aliphatic heterocycles. The Labute approximate surface area is 295 Å². The van der Waals surface area contributed by atoms with Crippen molar-refractivity contribution in [1.82, 2.24) is 19.5 Å². The molecular weight excluding hydrogens is 621 g/mol. The van der Waals surface area contributed by atoms with Gasteiger partial charge >= 0.3 is 0 Å². The van der Waals surface area contributed by atoms with Gasteiger partial charge < -0.3 is 4.57 Å². The number of fused-ring (bicyclic) bond motifs is 6. The van der Waals surface area contributed by atoms with E-state index in [1.54, 1.807) is 0 Å². The molecular formula is C47H30N4. The standard InChI is InChI=1S/C47H30N4/c1-2-13-32(14-3-1)45-48-46(50-47(49-45)42-30-35-15-4-5-18-37(35)38-19-6-7-20-39(38)42)33-27-25-31(26-28-33)34-16-12-17-36(29-34)51-43-23-10-8-21-40(43)41-22-9-11-24-44(41)51/h1-30H. The number of rotatable bonds is 5. The number of aromatic nitrogens is 4. The van der Waals surface area contributed by atoms with Crippen LogP contribution in [0.2, 0.25) is 0 Å². The number of hydrogen-bond acceptors (Lipinski definition) is 3. The van der Waals surface area contributed by atoms with E-state index in [2.05, 4.69) is 168 Å². The minimum absolute atomic E-state index is 0.640. The SMILES string of the molecule is c1ccc(-c2nc(-c3ccc(-c4cccc(-n5c6ccccc6c6ccccc65)c4)cc3)nc(-c3cc4ccccc4c4ccccc34)n2)cc1. The van der Waals surface area contributed by atoms with E-state index in [4.69, 9.17) is 15.0 Å². The van der Waals surface area contributed by atoms with Gasteiger partial charge in [0.2, 0.25) is 0 Å². The first kappa shape index (κ1) is 29.0. The van der Waals surface area contributed by atoms with Gasteiger partial charge in [-0.25, -0.2) is 15.0 Å². The quantitative estimate of drug-likeness (QED) is 0.174. The number of benzene rings is 8. The molecule has 10 rings (SSSR count). The van der Waals surface area contributed by atoms with Gasteiger partial charge in [-0.2, -0.15) is 0 Å². The van der Waals surface area contributed by atoms with Crippen molar-refractivity contribution in [2.75, 3.05) is 0 Å².